The second-order valence-electron chi connectivity index (χ2n) is 7.50. The minimum absolute atomic E-state index is 0.0430. The van der Waals surface area contributed by atoms with Gasteiger partial charge in [-0.15, -0.1) is 11.3 Å². The number of nitrogens with one attached hydrogen (secondary N) is 1. The number of hydrogen-bond acceptors (Lipinski definition) is 4. The molecule has 1 saturated heterocycles. The van der Waals surface area contributed by atoms with Gasteiger partial charge in [-0.2, -0.15) is 0 Å². The zero-order valence-electron chi connectivity index (χ0n) is 15.4. The first kappa shape index (κ1) is 17.7. The van der Waals surface area contributed by atoms with Crippen molar-refractivity contribution in [3.05, 3.63) is 41.4 Å². The van der Waals surface area contributed by atoms with Gasteiger partial charge in [-0.3, -0.25) is 4.79 Å². The summed E-state index contributed by atoms with van der Waals surface area (Å²) in [5.41, 5.74) is 1.06. The number of benzene rings is 1. The van der Waals surface area contributed by atoms with Crippen LogP contribution >= 0.6 is 11.3 Å². The van der Waals surface area contributed by atoms with Crippen LogP contribution in [0.3, 0.4) is 0 Å². The largest absolute Gasteiger partial charge is 0.342 e. The van der Waals surface area contributed by atoms with Crippen LogP contribution in [0.25, 0.3) is 10.2 Å². The van der Waals surface area contributed by atoms with Crippen molar-refractivity contribution in [2.24, 2.45) is 11.8 Å². The van der Waals surface area contributed by atoms with Crippen LogP contribution in [0.1, 0.15) is 36.6 Å². The maximum absolute atomic E-state index is 13.3. The van der Waals surface area contributed by atoms with Gasteiger partial charge in [0.05, 0.1) is 21.1 Å². The Morgan fingerprint density at radius 2 is 2.00 bits per heavy atom. The highest BCUT2D eigenvalue weighted by Gasteiger charge is 2.36. The van der Waals surface area contributed by atoms with Crippen molar-refractivity contribution in [1.29, 1.82) is 0 Å². The fourth-order valence-electron chi connectivity index (χ4n) is 4.29. The summed E-state index contributed by atoms with van der Waals surface area (Å²) in [5, 5.41) is 4.39. The van der Waals surface area contributed by atoms with Crippen LogP contribution in [-0.2, 0) is 4.79 Å². The van der Waals surface area contributed by atoms with Crippen molar-refractivity contribution in [3.8, 4) is 0 Å². The van der Waals surface area contributed by atoms with Gasteiger partial charge in [0.25, 0.3) is 0 Å². The normalized spacial score (nSPS) is 24.3. The van der Waals surface area contributed by atoms with Crippen molar-refractivity contribution < 1.29 is 4.79 Å². The third kappa shape index (κ3) is 3.55. The fraction of sp³-hybridized carbons (Fsp3) is 0.524. The molecular weight excluding hydrogens is 342 g/mol. The Kier molecular flexibility index (Phi) is 5.36. The third-order valence-corrected chi connectivity index (χ3v) is 6.96. The van der Waals surface area contributed by atoms with Gasteiger partial charge in [0.15, 0.2) is 0 Å². The van der Waals surface area contributed by atoms with Crippen molar-refractivity contribution in [2.45, 2.75) is 31.6 Å². The molecule has 0 bridgehead atoms. The van der Waals surface area contributed by atoms with Crippen LogP contribution in [0.2, 0.25) is 0 Å². The average Bonchev–Trinajstić information content (AvgIpc) is 3.12. The number of carbonyl (C=O) groups excluding carboxylic acids is 1. The Morgan fingerprint density at radius 1 is 1.23 bits per heavy atom. The summed E-state index contributed by atoms with van der Waals surface area (Å²) in [4.78, 5) is 20.2. The number of nitrogens with zero attached hydrogens (tertiary/aromatic N) is 2. The predicted octanol–water partition coefficient (Wildman–Crippen LogP) is 3.80. The van der Waals surface area contributed by atoms with E-state index in [4.69, 9.17) is 4.98 Å². The summed E-state index contributed by atoms with van der Waals surface area (Å²) in [6.45, 7) is 2.86. The van der Waals surface area contributed by atoms with Crippen LogP contribution in [-0.4, -0.2) is 42.5 Å². The van der Waals surface area contributed by atoms with E-state index in [1.54, 1.807) is 11.3 Å². The lowest BCUT2D eigenvalue weighted by atomic mass is 9.81. The maximum atomic E-state index is 13.3. The summed E-state index contributed by atoms with van der Waals surface area (Å²) >= 11 is 1.75. The Bertz CT molecular complexity index is 758. The van der Waals surface area contributed by atoms with Gasteiger partial charge in [0.1, 0.15) is 0 Å². The number of para-hydroxylation sites is 1. The lowest BCUT2D eigenvalue weighted by Crippen LogP contribution is -2.44. The number of thiazole rings is 1. The minimum Gasteiger partial charge on any atom is -0.342 e. The van der Waals surface area contributed by atoms with E-state index in [2.05, 4.69) is 40.6 Å². The molecule has 1 aromatic heterocycles. The van der Waals surface area contributed by atoms with E-state index in [1.165, 1.54) is 4.70 Å². The highest BCUT2D eigenvalue weighted by molar-refractivity contribution is 7.18. The number of piperidine rings is 1. The van der Waals surface area contributed by atoms with Gasteiger partial charge in [-0.25, -0.2) is 4.98 Å². The summed E-state index contributed by atoms with van der Waals surface area (Å²) in [5.74, 6) is 1.30. The van der Waals surface area contributed by atoms with Crippen molar-refractivity contribution in [1.82, 2.24) is 15.2 Å². The minimum atomic E-state index is 0.0430. The Labute approximate surface area is 159 Å². The number of rotatable bonds is 4. The molecular formula is C21H27N3OS. The maximum Gasteiger partial charge on any atom is 0.226 e. The van der Waals surface area contributed by atoms with Crippen LogP contribution in [0.15, 0.2) is 36.4 Å². The van der Waals surface area contributed by atoms with E-state index in [9.17, 15) is 4.79 Å². The number of hydrogen-bond donors (Lipinski definition) is 1. The fourth-order valence-corrected chi connectivity index (χ4v) is 5.44. The monoisotopic (exact) mass is 369 g/mol. The standard InChI is InChI=1S/C21H27N3OS/c1-22-14-15-10-12-24(13-11-15)21(25)17-7-3-2-6-16(17)20-23-18-8-4-5-9-19(18)26-20/h2-5,8-9,15-17,22H,6-7,10-14H2,1H3. The molecule has 138 valence electrons. The van der Waals surface area contributed by atoms with Crippen molar-refractivity contribution in [2.75, 3.05) is 26.7 Å². The predicted molar refractivity (Wildman–Crippen MR) is 107 cm³/mol. The Hall–Kier alpha value is -1.72. The lowest BCUT2D eigenvalue weighted by Gasteiger charge is -2.36. The Balaban J connectivity index is 1.50. The van der Waals surface area contributed by atoms with Gasteiger partial charge in [0.2, 0.25) is 5.91 Å². The lowest BCUT2D eigenvalue weighted by molar-refractivity contribution is -0.137. The highest BCUT2D eigenvalue weighted by Crippen LogP contribution is 2.39. The average molecular weight is 370 g/mol. The second kappa shape index (κ2) is 7.89. The highest BCUT2D eigenvalue weighted by atomic mass is 32.1. The number of amides is 1. The van der Waals surface area contributed by atoms with Gasteiger partial charge >= 0.3 is 0 Å². The smallest absolute Gasteiger partial charge is 0.226 e. The number of carbonyl (C=O) groups is 1. The molecule has 1 fully saturated rings. The molecule has 2 unspecified atom stereocenters. The van der Waals surface area contributed by atoms with Crippen molar-refractivity contribution >= 4 is 27.5 Å². The van der Waals surface area contributed by atoms with Gasteiger partial charge < -0.3 is 10.2 Å². The molecule has 1 aliphatic heterocycles. The molecule has 5 heteroatoms. The van der Waals surface area contributed by atoms with Crippen LogP contribution in [0.4, 0.5) is 0 Å². The number of aromatic nitrogens is 1. The van der Waals surface area contributed by atoms with E-state index < -0.39 is 0 Å². The molecule has 2 aliphatic rings. The number of allylic oxidation sites excluding steroid dienone is 2. The molecule has 2 heterocycles. The SMILES string of the molecule is CNCC1CCN(C(=O)C2CC=CCC2c2nc3ccccc3s2)CC1. The van der Waals surface area contributed by atoms with E-state index in [-0.39, 0.29) is 11.8 Å². The molecule has 1 aromatic carbocycles. The topological polar surface area (TPSA) is 45.2 Å². The summed E-state index contributed by atoms with van der Waals surface area (Å²) in [6.07, 6.45) is 8.39. The molecule has 4 nitrogen and oxygen atoms in total. The molecule has 1 aliphatic carbocycles. The van der Waals surface area contributed by atoms with E-state index >= 15 is 0 Å². The van der Waals surface area contributed by atoms with E-state index in [1.807, 2.05) is 13.1 Å². The molecule has 26 heavy (non-hydrogen) atoms. The molecule has 2 atom stereocenters. The molecule has 0 radical (unpaired) electrons. The molecule has 1 amide bonds. The van der Waals surface area contributed by atoms with Gasteiger partial charge in [-0.05, 0) is 57.3 Å². The first-order valence-corrected chi connectivity index (χ1v) is 10.5. The molecule has 0 saturated carbocycles. The summed E-state index contributed by atoms with van der Waals surface area (Å²) < 4.78 is 1.22. The number of likely N-dealkylation sites (tertiary alicyclic amines) is 1. The third-order valence-electron chi connectivity index (χ3n) is 5.80. The molecule has 1 N–H and O–H groups in total. The molecule has 0 spiro atoms. The zero-order valence-corrected chi connectivity index (χ0v) is 16.2. The van der Waals surface area contributed by atoms with E-state index in [0.29, 0.717) is 11.8 Å². The second-order valence-corrected chi connectivity index (χ2v) is 8.56. The molecule has 2 aromatic rings. The quantitative estimate of drug-likeness (QED) is 0.834. The summed E-state index contributed by atoms with van der Waals surface area (Å²) in [7, 11) is 2.01. The van der Waals surface area contributed by atoms with Crippen LogP contribution in [0, 0.1) is 11.8 Å². The first-order valence-electron chi connectivity index (χ1n) is 9.70. The summed E-state index contributed by atoms with van der Waals surface area (Å²) in [6, 6.07) is 8.28. The molecule has 4 rings (SSSR count). The zero-order chi connectivity index (χ0) is 17.9. The van der Waals surface area contributed by atoms with E-state index in [0.717, 1.165) is 55.8 Å². The first-order chi connectivity index (χ1) is 12.8. The van der Waals surface area contributed by atoms with Gasteiger partial charge in [-0.1, -0.05) is 24.3 Å². The number of fused-ring (bicyclic) bond motifs is 1. The van der Waals surface area contributed by atoms with Gasteiger partial charge in [0, 0.05) is 19.0 Å². The van der Waals surface area contributed by atoms with Crippen molar-refractivity contribution in [3.63, 3.8) is 0 Å². The van der Waals surface area contributed by atoms with Crippen LogP contribution in [0.5, 0.6) is 0 Å². The Morgan fingerprint density at radius 3 is 2.77 bits per heavy atom. The van der Waals surface area contributed by atoms with Crippen LogP contribution < -0.4 is 5.32 Å².